The molecule has 6 aliphatic carbocycles. The Morgan fingerprint density at radius 2 is 1.76 bits per heavy atom. The van der Waals surface area contributed by atoms with Crippen molar-refractivity contribution < 1.29 is 22.5 Å². The molecule has 1 aromatic carbocycles. The second kappa shape index (κ2) is 7.55. The van der Waals surface area contributed by atoms with Gasteiger partial charge in [0.1, 0.15) is 5.67 Å². The van der Waals surface area contributed by atoms with Crippen LogP contribution in [0, 0.1) is 10.8 Å². The standard InChI is InChI=1S/C25H27BrF3N3O2/c26-16-2-1-3-17(10-16)32(18(33)11-23-12-25(29,13-23)14-23)15-22-4-7-24(8-5-22,9-6-22)21-30-20(19(27)28)31-34-21/h1-3,10,19H,4-9,11-15H2. The van der Waals surface area contributed by atoms with Crippen molar-refractivity contribution in [2.75, 3.05) is 11.4 Å². The normalized spacial score (nSPS) is 35.7. The van der Waals surface area contributed by atoms with Gasteiger partial charge in [0, 0.05) is 28.5 Å². The number of anilines is 1. The van der Waals surface area contributed by atoms with Gasteiger partial charge in [0.25, 0.3) is 0 Å². The Balaban J connectivity index is 1.20. The number of fused-ring (bicyclic) bond motifs is 3. The van der Waals surface area contributed by atoms with E-state index in [0.29, 0.717) is 38.1 Å². The summed E-state index contributed by atoms with van der Waals surface area (Å²) in [5.74, 6) is -0.142. The number of carbonyl (C=O) groups is 1. The highest BCUT2D eigenvalue weighted by Gasteiger charge is 2.69. The average Bonchev–Trinajstić information content (AvgIpc) is 3.29. The van der Waals surface area contributed by atoms with E-state index in [9.17, 15) is 18.0 Å². The molecule has 1 aromatic heterocycles. The Kier molecular flexibility index (Phi) is 5.01. The Morgan fingerprint density at radius 3 is 2.32 bits per heavy atom. The fourth-order valence-electron chi connectivity index (χ4n) is 7.13. The van der Waals surface area contributed by atoms with Crippen LogP contribution in [0.3, 0.4) is 0 Å². The highest BCUT2D eigenvalue weighted by atomic mass is 79.9. The summed E-state index contributed by atoms with van der Waals surface area (Å²) < 4.78 is 46.2. The lowest BCUT2D eigenvalue weighted by Gasteiger charge is -2.66. The quantitative estimate of drug-likeness (QED) is 0.395. The van der Waals surface area contributed by atoms with Crippen molar-refractivity contribution >= 4 is 27.5 Å². The lowest BCUT2D eigenvalue weighted by molar-refractivity contribution is -0.215. The minimum absolute atomic E-state index is 0.0357. The predicted molar refractivity (Wildman–Crippen MR) is 122 cm³/mol. The zero-order valence-corrected chi connectivity index (χ0v) is 20.4. The van der Waals surface area contributed by atoms with Crippen molar-refractivity contribution in [1.29, 1.82) is 0 Å². The number of aromatic nitrogens is 2. The van der Waals surface area contributed by atoms with Gasteiger partial charge in [-0.05, 0) is 86.8 Å². The summed E-state index contributed by atoms with van der Waals surface area (Å²) in [4.78, 5) is 19.5. The van der Waals surface area contributed by atoms with Crippen molar-refractivity contribution in [2.45, 2.75) is 81.7 Å². The second-order valence-electron chi connectivity index (χ2n) is 11.4. The SMILES string of the molecule is O=C(CC12CC(F)(C1)C2)N(CC12CCC(c3nc(C(F)F)no3)(CC1)CC2)c1cccc(Br)c1. The molecule has 0 N–H and O–H groups in total. The molecule has 0 saturated heterocycles. The fraction of sp³-hybridized carbons (Fsp3) is 0.640. The summed E-state index contributed by atoms with van der Waals surface area (Å²) >= 11 is 3.53. The highest BCUT2D eigenvalue weighted by Crippen LogP contribution is 2.71. The summed E-state index contributed by atoms with van der Waals surface area (Å²) in [5, 5.41) is 3.47. The van der Waals surface area contributed by atoms with Crippen molar-refractivity contribution in [3.05, 3.63) is 40.5 Å². The van der Waals surface area contributed by atoms with Crippen LogP contribution in [-0.2, 0) is 10.2 Å². The lowest BCUT2D eigenvalue weighted by atomic mass is 9.41. The maximum absolute atomic E-state index is 14.1. The van der Waals surface area contributed by atoms with Crippen molar-refractivity contribution in [3.63, 3.8) is 0 Å². The third-order valence-electron chi connectivity index (χ3n) is 9.01. The Labute approximate surface area is 204 Å². The summed E-state index contributed by atoms with van der Waals surface area (Å²) in [6.07, 6.45) is 4.15. The fourth-order valence-corrected chi connectivity index (χ4v) is 7.51. The smallest absolute Gasteiger partial charge is 0.300 e. The summed E-state index contributed by atoms with van der Waals surface area (Å²) in [6, 6.07) is 7.79. The average molecular weight is 538 g/mol. The molecule has 0 aliphatic heterocycles. The Morgan fingerprint density at radius 1 is 1.09 bits per heavy atom. The number of nitrogens with zero attached hydrogens (tertiary/aromatic N) is 3. The van der Waals surface area contributed by atoms with Gasteiger partial charge < -0.3 is 9.42 Å². The van der Waals surface area contributed by atoms with E-state index in [1.165, 1.54) is 0 Å². The van der Waals surface area contributed by atoms with Crippen molar-refractivity contribution in [3.8, 4) is 0 Å². The molecule has 2 aromatic rings. The van der Waals surface area contributed by atoms with Crippen LogP contribution < -0.4 is 4.90 Å². The van der Waals surface area contributed by atoms with Gasteiger partial charge >= 0.3 is 6.43 Å². The van der Waals surface area contributed by atoms with Gasteiger partial charge in [-0.1, -0.05) is 27.2 Å². The van der Waals surface area contributed by atoms with Gasteiger partial charge in [-0.3, -0.25) is 4.79 Å². The summed E-state index contributed by atoms with van der Waals surface area (Å²) in [6.45, 7) is 0.612. The molecular weight excluding hydrogens is 511 g/mol. The van der Waals surface area contributed by atoms with E-state index in [1.807, 2.05) is 29.2 Å². The zero-order chi connectivity index (χ0) is 23.8. The number of halogens is 4. The van der Waals surface area contributed by atoms with Crippen LogP contribution in [0.4, 0.5) is 18.9 Å². The van der Waals surface area contributed by atoms with Gasteiger partial charge in [-0.25, -0.2) is 13.2 Å². The second-order valence-corrected chi connectivity index (χ2v) is 12.3. The van der Waals surface area contributed by atoms with Crippen LogP contribution in [0.1, 0.15) is 82.3 Å². The first-order chi connectivity index (χ1) is 16.1. The van der Waals surface area contributed by atoms with Crippen LogP contribution in [-0.4, -0.2) is 28.3 Å². The molecule has 8 rings (SSSR count). The van der Waals surface area contributed by atoms with Crippen molar-refractivity contribution in [1.82, 2.24) is 10.1 Å². The molecule has 0 radical (unpaired) electrons. The third kappa shape index (κ3) is 3.60. The van der Waals surface area contributed by atoms with E-state index in [1.54, 1.807) is 0 Å². The zero-order valence-electron chi connectivity index (χ0n) is 18.8. The maximum atomic E-state index is 14.1. The van der Waals surface area contributed by atoms with E-state index in [0.717, 1.165) is 48.7 Å². The molecule has 6 saturated carbocycles. The number of amides is 1. The number of rotatable bonds is 7. The highest BCUT2D eigenvalue weighted by molar-refractivity contribution is 9.10. The van der Waals surface area contributed by atoms with Crippen LogP contribution in [0.2, 0.25) is 0 Å². The lowest BCUT2D eigenvalue weighted by Crippen LogP contribution is -2.65. The van der Waals surface area contributed by atoms with E-state index in [4.69, 9.17) is 4.52 Å². The van der Waals surface area contributed by atoms with Gasteiger partial charge in [0.05, 0.1) is 0 Å². The van der Waals surface area contributed by atoms with Gasteiger partial charge in [0.2, 0.25) is 17.6 Å². The number of hydrogen-bond acceptors (Lipinski definition) is 4. The first kappa shape index (κ1) is 22.6. The van der Waals surface area contributed by atoms with Gasteiger partial charge in [-0.2, -0.15) is 4.98 Å². The molecule has 0 atom stereocenters. The molecule has 6 fully saturated rings. The first-order valence-electron chi connectivity index (χ1n) is 12.0. The minimum atomic E-state index is -2.74. The van der Waals surface area contributed by atoms with Gasteiger partial charge in [-0.15, -0.1) is 0 Å². The Hall–Kier alpha value is -1.90. The molecule has 0 spiro atoms. The molecule has 34 heavy (non-hydrogen) atoms. The Bertz CT molecular complexity index is 1090. The monoisotopic (exact) mass is 537 g/mol. The van der Waals surface area contributed by atoms with E-state index < -0.39 is 17.9 Å². The minimum Gasteiger partial charge on any atom is -0.339 e. The maximum Gasteiger partial charge on any atom is 0.300 e. The molecule has 182 valence electrons. The molecule has 0 unspecified atom stereocenters. The van der Waals surface area contributed by atoms with E-state index in [-0.39, 0.29) is 22.2 Å². The molecule has 4 bridgehead atoms. The molecule has 6 aliphatic rings. The molecular formula is C25H27BrF3N3O2. The molecule has 1 heterocycles. The van der Waals surface area contributed by atoms with E-state index in [2.05, 4.69) is 26.1 Å². The van der Waals surface area contributed by atoms with Crippen molar-refractivity contribution in [2.24, 2.45) is 10.8 Å². The molecule has 1 amide bonds. The first-order valence-corrected chi connectivity index (χ1v) is 12.8. The van der Waals surface area contributed by atoms with Crippen LogP contribution in [0.15, 0.2) is 33.3 Å². The molecule has 5 nitrogen and oxygen atoms in total. The van der Waals surface area contributed by atoms with Crippen LogP contribution >= 0.6 is 15.9 Å². The van der Waals surface area contributed by atoms with Gasteiger partial charge in [0.15, 0.2) is 0 Å². The number of hydrogen-bond donors (Lipinski definition) is 0. The van der Waals surface area contributed by atoms with Crippen LogP contribution in [0.5, 0.6) is 0 Å². The van der Waals surface area contributed by atoms with Crippen LogP contribution in [0.25, 0.3) is 0 Å². The topological polar surface area (TPSA) is 59.2 Å². The van der Waals surface area contributed by atoms with E-state index >= 15 is 0 Å². The summed E-state index contributed by atoms with van der Waals surface area (Å²) in [5.41, 5.74) is -0.687. The largest absolute Gasteiger partial charge is 0.339 e. The predicted octanol–water partition coefficient (Wildman–Crippen LogP) is 6.68. The third-order valence-corrected chi connectivity index (χ3v) is 9.50. The number of alkyl halides is 3. The molecule has 9 heteroatoms. The number of benzene rings is 1. The number of carbonyl (C=O) groups excluding carboxylic acids is 1. The summed E-state index contributed by atoms with van der Waals surface area (Å²) in [7, 11) is 0.